The zero-order valence-electron chi connectivity index (χ0n) is 10.7. The molecule has 0 fully saturated rings. The minimum Gasteiger partial charge on any atom is -0.468 e. The first-order valence-electron chi connectivity index (χ1n) is 5.37. The summed E-state index contributed by atoms with van der Waals surface area (Å²) in [4.78, 5) is 28.2. The average Bonchev–Trinajstić information content (AvgIpc) is 2.38. The number of nitrogens with zero attached hydrogens (tertiary/aromatic N) is 2. The van der Waals surface area contributed by atoms with E-state index in [2.05, 4.69) is 14.5 Å². The summed E-state index contributed by atoms with van der Waals surface area (Å²) in [6.07, 6.45) is 3.26. The molecule has 18 heavy (non-hydrogen) atoms. The number of anilines is 1. The van der Waals surface area contributed by atoms with E-state index in [0.717, 1.165) is 11.3 Å². The molecule has 1 aromatic rings. The lowest BCUT2D eigenvalue weighted by atomic mass is 10.2. The second kappa shape index (κ2) is 6.58. The maximum absolute atomic E-state index is 11.3. The molecule has 98 valence electrons. The number of pyridine rings is 1. The largest absolute Gasteiger partial charge is 0.468 e. The van der Waals surface area contributed by atoms with Crippen LogP contribution in [0.2, 0.25) is 0 Å². The summed E-state index contributed by atoms with van der Waals surface area (Å²) in [6.45, 7) is 1.82. The lowest BCUT2D eigenvalue weighted by Gasteiger charge is -2.23. The molecule has 0 amide bonds. The molecule has 0 saturated carbocycles. The van der Waals surface area contributed by atoms with Gasteiger partial charge in [-0.2, -0.15) is 0 Å². The minimum absolute atomic E-state index is 0.0174. The molecule has 6 nitrogen and oxygen atoms in total. The van der Waals surface area contributed by atoms with Crippen molar-refractivity contribution in [3.8, 4) is 0 Å². The van der Waals surface area contributed by atoms with Gasteiger partial charge in [0.25, 0.3) is 0 Å². The summed E-state index contributed by atoms with van der Waals surface area (Å²) in [6, 6.07) is 1.74. The lowest BCUT2D eigenvalue weighted by molar-refractivity contribution is -0.140. The Hall–Kier alpha value is -2.11. The van der Waals surface area contributed by atoms with Crippen molar-refractivity contribution in [1.82, 2.24) is 4.98 Å². The number of esters is 2. The molecular weight excluding hydrogens is 236 g/mol. The first-order chi connectivity index (χ1) is 8.58. The standard InChI is InChI=1S/C12H16N2O4/c1-9-6-13-5-4-10(9)14(7-11(15)17-2)8-12(16)18-3/h4-6H,7-8H2,1-3H3. The van der Waals surface area contributed by atoms with Gasteiger partial charge in [0.15, 0.2) is 0 Å². The number of rotatable bonds is 5. The number of methoxy groups -OCH3 is 2. The number of ether oxygens (including phenoxy) is 2. The van der Waals surface area contributed by atoms with Gasteiger partial charge >= 0.3 is 11.9 Å². The zero-order chi connectivity index (χ0) is 13.5. The molecule has 6 heteroatoms. The van der Waals surface area contributed by atoms with Crippen LogP contribution < -0.4 is 4.90 Å². The summed E-state index contributed by atoms with van der Waals surface area (Å²) in [5.74, 6) is -0.842. The van der Waals surface area contributed by atoms with Gasteiger partial charge in [0, 0.05) is 18.1 Å². The van der Waals surface area contributed by atoms with E-state index in [1.165, 1.54) is 14.2 Å². The van der Waals surface area contributed by atoms with Crippen LogP contribution in [0.15, 0.2) is 18.5 Å². The molecule has 1 heterocycles. The van der Waals surface area contributed by atoms with Crippen LogP contribution in [0.3, 0.4) is 0 Å². The number of carbonyl (C=O) groups is 2. The van der Waals surface area contributed by atoms with Gasteiger partial charge in [-0.25, -0.2) is 0 Å². The Morgan fingerprint density at radius 2 is 1.78 bits per heavy atom. The van der Waals surface area contributed by atoms with Crippen molar-refractivity contribution in [2.24, 2.45) is 0 Å². The van der Waals surface area contributed by atoms with Gasteiger partial charge in [0.2, 0.25) is 0 Å². The van der Waals surface area contributed by atoms with E-state index >= 15 is 0 Å². The third-order valence-electron chi connectivity index (χ3n) is 2.43. The van der Waals surface area contributed by atoms with E-state index in [-0.39, 0.29) is 13.1 Å². The van der Waals surface area contributed by atoms with Crippen molar-refractivity contribution in [2.45, 2.75) is 6.92 Å². The molecule has 0 aromatic carbocycles. The minimum atomic E-state index is -0.421. The third-order valence-corrected chi connectivity index (χ3v) is 2.43. The van der Waals surface area contributed by atoms with Crippen molar-refractivity contribution in [1.29, 1.82) is 0 Å². The fourth-order valence-corrected chi connectivity index (χ4v) is 1.49. The number of carbonyl (C=O) groups excluding carboxylic acids is 2. The van der Waals surface area contributed by atoms with Gasteiger partial charge in [-0.1, -0.05) is 0 Å². The van der Waals surface area contributed by atoms with Gasteiger partial charge < -0.3 is 14.4 Å². The predicted molar refractivity (Wildman–Crippen MR) is 65.2 cm³/mol. The quantitative estimate of drug-likeness (QED) is 0.712. The monoisotopic (exact) mass is 252 g/mol. The number of hydrogen-bond donors (Lipinski definition) is 0. The molecule has 0 atom stereocenters. The van der Waals surface area contributed by atoms with Crippen molar-refractivity contribution < 1.29 is 19.1 Å². The fourth-order valence-electron chi connectivity index (χ4n) is 1.49. The SMILES string of the molecule is COC(=O)CN(CC(=O)OC)c1ccncc1C. The van der Waals surface area contributed by atoms with Crippen molar-refractivity contribution in [3.63, 3.8) is 0 Å². The molecule has 0 N–H and O–H groups in total. The van der Waals surface area contributed by atoms with E-state index in [1.54, 1.807) is 23.4 Å². The molecule has 0 spiro atoms. The van der Waals surface area contributed by atoms with Crippen molar-refractivity contribution >= 4 is 17.6 Å². The topological polar surface area (TPSA) is 68.7 Å². The molecule has 0 unspecified atom stereocenters. The predicted octanol–water partition coefficient (Wildman–Crippen LogP) is 0.542. The Bertz CT molecular complexity index is 416. The van der Waals surface area contributed by atoms with Gasteiger partial charge in [0.1, 0.15) is 13.1 Å². The van der Waals surface area contributed by atoms with Gasteiger partial charge in [-0.05, 0) is 18.6 Å². The Labute approximate surface area is 106 Å². The number of hydrogen-bond acceptors (Lipinski definition) is 6. The van der Waals surface area contributed by atoms with Crippen molar-refractivity contribution in [2.75, 3.05) is 32.2 Å². The van der Waals surface area contributed by atoms with Gasteiger partial charge in [0.05, 0.1) is 14.2 Å². The summed E-state index contributed by atoms with van der Waals surface area (Å²) >= 11 is 0. The number of aromatic nitrogens is 1. The summed E-state index contributed by atoms with van der Waals surface area (Å²) in [5, 5.41) is 0. The van der Waals surface area contributed by atoms with Crippen LogP contribution in [0, 0.1) is 6.92 Å². The molecular formula is C12H16N2O4. The van der Waals surface area contributed by atoms with E-state index in [0.29, 0.717) is 0 Å². The molecule has 0 aliphatic rings. The normalized spacial score (nSPS) is 9.72. The molecule has 0 radical (unpaired) electrons. The van der Waals surface area contributed by atoms with E-state index < -0.39 is 11.9 Å². The van der Waals surface area contributed by atoms with Crippen LogP contribution >= 0.6 is 0 Å². The highest BCUT2D eigenvalue weighted by molar-refractivity contribution is 5.81. The van der Waals surface area contributed by atoms with Crippen LogP contribution in [0.4, 0.5) is 5.69 Å². The van der Waals surface area contributed by atoms with Crippen LogP contribution in [-0.4, -0.2) is 44.2 Å². The molecule has 0 bridgehead atoms. The van der Waals surface area contributed by atoms with Crippen molar-refractivity contribution in [3.05, 3.63) is 24.0 Å². The number of aryl methyl sites for hydroxylation is 1. The fraction of sp³-hybridized carbons (Fsp3) is 0.417. The highest BCUT2D eigenvalue weighted by Crippen LogP contribution is 2.18. The van der Waals surface area contributed by atoms with E-state index in [1.807, 2.05) is 6.92 Å². The maximum Gasteiger partial charge on any atom is 0.325 e. The Kier molecular flexibility index (Phi) is 5.10. The Morgan fingerprint density at radius 3 is 2.22 bits per heavy atom. The second-order valence-electron chi connectivity index (χ2n) is 3.67. The van der Waals surface area contributed by atoms with Crippen LogP contribution in [0.5, 0.6) is 0 Å². The highest BCUT2D eigenvalue weighted by atomic mass is 16.5. The summed E-state index contributed by atoms with van der Waals surface area (Å²) in [5.41, 5.74) is 1.62. The van der Waals surface area contributed by atoms with Crippen LogP contribution in [0.1, 0.15) is 5.56 Å². The first kappa shape index (κ1) is 14.0. The van der Waals surface area contributed by atoms with E-state index in [4.69, 9.17) is 0 Å². The third kappa shape index (κ3) is 3.73. The second-order valence-corrected chi connectivity index (χ2v) is 3.67. The maximum atomic E-state index is 11.3. The van der Waals surface area contributed by atoms with Gasteiger partial charge in [-0.3, -0.25) is 14.6 Å². The van der Waals surface area contributed by atoms with Gasteiger partial charge in [-0.15, -0.1) is 0 Å². The molecule has 1 aromatic heterocycles. The summed E-state index contributed by atoms with van der Waals surface area (Å²) in [7, 11) is 2.61. The molecule has 0 aliphatic heterocycles. The van der Waals surface area contributed by atoms with Crippen LogP contribution in [0.25, 0.3) is 0 Å². The zero-order valence-corrected chi connectivity index (χ0v) is 10.7. The average molecular weight is 252 g/mol. The van der Waals surface area contributed by atoms with Crippen LogP contribution in [-0.2, 0) is 19.1 Å². The summed E-state index contributed by atoms with van der Waals surface area (Å²) < 4.78 is 9.22. The molecule has 0 aliphatic carbocycles. The molecule has 1 rings (SSSR count). The van der Waals surface area contributed by atoms with E-state index in [9.17, 15) is 9.59 Å². The molecule has 0 saturated heterocycles. The first-order valence-corrected chi connectivity index (χ1v) is 5.37. The smallest absolute Gasteiger partial charge is 0.325 e. The highest BCUT2D eigenvalue weighted by Gasteiger charge is 2.17. The lowest BCUT2D eigenvalue weighted by Crippen LogP contribution is -2.36. The Balaban J connectivity index is 2.93. The Morgan fingerprint density at radius 1 is 1.22 bits per heavy atom.